The number of nitrogens with zero attached hydrogens (tertiary/aromatic N) is 1. The van der Waals surface area contributed by atoms with E-state index in [1.165, 1.54) is 13.0 Å². The fraction of sp³-hybridized carbons (Fsp3) is 0.208. The van der Waals surface area contributed by atoms with E-state index in [2.05, 4.69) is 18.7 Å². The highest BCUT2D eigenvalue weighted by atomic mass is 16.4. The van der Waals surface area contributed by atoms with Crippen LogP contribution in [0.25, 0.3) is 33.1 Å². The first-order chi connectivity index (χ1) is 14.4. The number of para-hydroxylation sites is 1. The number of carbonyl (C=O) groups excluding carboxylic acids is 1. The van der Waals surface area contributed by atoms with Crippen molar-refractivity contribution in [3.8, 4) is 11.1 Å². The summed E-state index contributed by atoms with van der Waals surface area (Å²) in [4.78, 5) is 38.8. The third-order valence-corrected chi connectivity index (χ3v) is 5.28. The van der Waals surface area contributed by atoms with E-state index >= 15 is 0 Å². The summed E-state index contributed by atoms with van der Waals surface area (Å²) >= 11 is 0. The van der Waals surface area contributed by atoms with Gasteiger partial charge in [-0.05, 0) is 45.0 Å². The lowest BCUT2D eigenvalue weighted by Gasteiger charge is -2.21. The van der Waals surface area contributed by atoms with Crippen LogP contribution >= 0.6 is 0 Å². The van der Waals surface area contributed by atoms with Gasteiger partial charge in [-0.3, -0.25) is 4.79 Å². The van der Waals surface area contributed by atoms with Gasteiger partial charge in [-0.25, -0.2) is 9.59 Å². The average molecular weight is 403 g/mol. The molecule has 2 heterocycles. The molecule has 4 aromatic rings. The maximum absolute atomic E-state index is 12.8. The first-order valence-corrected chi connectivity index (χ1v) is 9.84. The number of fused-ring (bicyclic) bond motifs is 2. The minimum Gasteiger partial charge on any atom is -0.422 e. The second-order valence-electron chi connectivity index (χ2n) is 7.07. The van der Waals surface area contributed by atoms with Gasteiger partial charge in [-0.1, -0.05) is 18.2 Å². The first-order valence-electron chi connectivity index (χ1n) is 9.84. The Balaban J connectivity index is 1.92. The number of ketones is 1. The Kier molecular flexibility index (Phi) is 4.99. The zero-order valence-corrected chi connectivity index (χ0v) is 17.0. The van der Waals surface area contributed by atoms with E-state index < -0.39 is 11.3 Å². The Hall–Kier alpha value is -3.67. The summed E-state index contributed by atoms with van der Waals surface area (Å²) in [6.07, 6.45) is 0. The van der Waals surface area contributed by atoms with Gasteiger partial charge in [0.1, 0.15) is 16.7 Å². The largest absolute Gasteiger partial charge is 0.422 e. The number of hydrogen-bond donors (Lipinski definition) is 0. The highest BCUT2D eigenvalue weighted by molar-refractivity contribution is 5.99. The summed E-state index contributed by atoms with van der Waals surface area (Å²) in [5, 5.41) is 1.33. The van der Waals surface area contributed by atoms with Crippen molar-refractivity contribution in [2.45, 2.75) is 20.8 Å². The second kappa shape index (κ2) is 7.63. The molecule has 0 amide bonds. The highest BCUT2D eigenvalue weighted by Crippen LogP contribution is 2.29. The molecule has 2 aromatic heterocycles. The topological polar surface area (TPSA) is 80.7 Å². The molecule has 0 aliphatic carbocycles. The monoisotopic (exact) mass is 403 g/mol. The van der Waals surface area contributed by atoms with E-state index in [1.54, 1.807) is 24.3 Å². The molecule has 0 N–H and O–H groups in total. The molecule has 0 saturated heterocycles. The van der Waals surface area contributed by atoms with Crippen LogP contribution in [0.3, 0.4) is 0 Å². The molecule has 0 atom stereocenters. The molecule has 0 bridgehead atoms. The van der Waals surface area contributed by atoms with Crippen molar-refractivity contribution < 1.29 is 13.6 Å². The molecular weight excluding hydrogens is 382 g/mol. The molecule has 0 fully saturated rings. The molecule has 4 rings (SSSR count). The van der Waals surface area contributed by atoms with Crippen molar-refractivity contribution in [3.63, 3.8) is 0 Å². The van der Waals surface area contributed by atoms with Crippen LogP contribution in [0.5, 0.6) is 0 Å². The van der Waals surface area contributed by atoms with Crippen molar-refractivity contribution in [3.05, 3.63) is 74.9 Å². The molecular formula is C24H21NO5. The Bertz CT molecular complexity index is 1390. The minimum atomic E-state index is -0.725. The molecule has 2 aromatic carbocycles. The molecule has 0 saturated carbocycles. The van der Waals surface area contributed by atoms with Crippen molar-refractivity contribution in [1.29, 1.82) is 0 Å². The number of benzene rings is 2. The smallest absolute Gasteiger partial charge is 0.347 e. The quantitative estimate of drug-likeness (QED) is 0.357. The van der Waals surface area contributed by atoms with Crippen LogP contribution in [0.1, 0.15) is 31.1 Å². The Morgan fingerprint density at radius 1 is 0.867 bits per heavy atom. The van der Waals surface area contributed by atoms with E-state index in [9.17, 15) is 14.4 Å². The van der Waals surface area contributed by atoms with Crippen LogP contribution in [-0.4, -0.2) is 18.9 Å². The summed E-state index contributed by atoms with van der Waals surface area (Å²) in [5.41, 5.74) is 1.20. The molecule has 6 heteroatoms. The third kappa shape index (κ3) is 3.30. The molecule has 30 heavy (non-hydrogen) atoms. The van der Waals surface area contributed by atoms with Gasteiger partial charge < -0.3 is 13.7 Å². The standard InChI is InChI=1S/C24H21NO5/c1-4-25(5-2)17-10-9-15-11-20(24(28)29-21(15)13-17)18-8-6-7-16-12-19(14(3)26)23(27)30-22(16)18/h6-13H,4-5H2,1-3H3. The SMILES string of the molecule is CCN(CC)c1ccc2cc(-c3cccc4cc(C(C)=O)c(=O)oc34)c(=O)oc2c1. The van der Waals surface area contributed by atoms with Gasteiger partial charge in [0.05, 0.1) is 5.56 Å². The number of hydrogen-bond acceptors (Lipinski definition) is 6. The number of carbonyl (C=O) groups is 1. The maximum Gasteiger partial charge on any atom is 0.347 e. The zero-order chi connectivity index (χ0) is 21.4. The van der Waals surface area contributed by atoms with Crippen LogP contribution in [0, 0.1) is 0 Å². The third-order valence-electron chi connectivity index (χ3n) is 5.28. The normalized spacial score (nSPS) is 11.2. The van der Waals surface area contributed by atoms with Gasteiger partial charge in [0, 0.05) is 41.2 Å². The van der Waals surface area contributed by atoms with Crippen molar-refractivity contribution in [2.75, 3.05) is 18.0 Å². The lowest BCUT2D eigenvalue weighted by atomic mass is 10.0. The fourth-order valence-corrected chi connectivity index (χ4v) is 3.68. The number of Topliss-reactive ketones (excluding diaryl/α,β-unsaturated/α-hetero) is 1. The van der Waals surface area contributed by atoms with E-state index in [1.807, 2.05) is 18.2 Å². The summed E-state index contributed by atoms with van der Waals surface area (Å²) in [6, 6.07) is 14.2. The van der Waals surface area contributed by atoms with Crippen molar-refractivity contribution >= 4 is 33.4 Å². The van der Waals surface area contributed by atoms with E-state index in [0.717, 1.165) is 24.2 Å². The lowest BCUT2D eigenvalue weighted by Crippen LogP contribution is -2.21. The minimum absolute atomic E-state index is 0.0193. The molecule has 0 aliphatic heterocycles. The van der Waals surface area contributed by atoms with E-state index in [0.29, 0.717) is 22.1 Å². The van der Waals surface area contributed by atoms with Crippen LogP contribution in [0.2, 0.25) is 0 Å². The van der Waals surface area contributed by atoms with Crippen molar-refractivity contribution in [1.82, 2.24) is 0 Å². The summed E-state index contributed by atoms with van der Waals surface area (Å²) in [5.74, 6) is -0.370. The van der Waals surface area contributed by atoms with Gasteiger partial charge in [0.25, 0.3) is 0 Å². The average Bonchev–Trinajstić information content (AvgIpc) is 2.73. The lowest BCUT2D eigenvalue weighted by molar-refractivity contribution is 0.101. The van der Waals surface area contributed by atoms with E-state index in [4.69, 9.17) is 8.83 Å². The van der Waals surface area contributed by atoms with Crippen LogP contribution in [0.4, 0.5) is 5.69 Å². The van der Waals surface area contributed by atoms with Crippen LogP contribution < -0.4 is 16.2 Å². The number of anilines is 1. The van der Waals surface area contributed by atoms with Crippen LogP contribution in [-0.2, 0) is 0 Å². The molecule has 0 radical (unpaired) electrons. The first kappa shape index (κ1) is 19.6. The molecule has 0 aliphatic rings. The zero-order valence-electron chi connectivity index (χ0n) is 17.0. The fourth-order valence-electron chi connectivity index (χ4n) is 3.68. The molecule has 152 valence electrons. The highest BCUT2D eigenvalue weighted by Gasteiger charge is 2.16. The van der Waals surface area contributed by atoms with Crippen LogP contribution in [0.15, 0.2) is 67.0 Å². The number of rotatable bonds is 5. The summed E-state index contributed by atoms with van der Waals surface area (Å²) in [7, 11) is 0. The predicted octanol–water partition coefficient (Wildman–Crippen LogP) is 4.62. The predicted molar refractivity (Wildman–Crippen MR) is 118 cm³/mol. The van der Waals surface area contributed by atoms with Crippen molar-refractivity contribution in [2.24, 2.45) is 0 Å². The van der Waals surface area contributed by atoms with Gasteiger partial charge in [0.15, 0.2) is 5.78 Å². The van der Waals surface area contributed by atoms with E-state index in [-0.39, 0.29) is 16.9 Å². The van der Waals surface area contributed by atoms with Gasteiger partial charge >= 0.3 is 11.3 Å². The summed E-state index contributed by atoms with van der Waals surface area (Å²) in [6.45, 7) is 7.15. The van der Waals surface area contributed by atoms with Gasteiger partial charge in [0.2, 0.25) is 0 Å². The van der Waals surface area contributed by atoms with Gasteiger partial charge in [-0.2, -0.15) is 0 Å². The van der Waals surface area contributed by atoms with Gasteiger partial charge in [-0.15, -0.1) is 0 Å². The summed E-state index contributed by atoms with van der Waals surface area (Å²) < 4.78 is 11.0. The second-order valence-corrected chi connectivity index (χ2v) is 7.07. The Morgan fingerprint density at radius 2 is 1.63 bits per heavy atom. The molecule has 0 unspecified atom stereocenters. The Labute approximate surface area is 172 Å². The Morgan fingerprint density at radius 3 is 2.33 bits per heavy atom. The molecule has 0 spiro atoms. The molecule has 6 nitrogen and oxygen atoms in total. The maximum atomic E-state index is 12.8.